The van der Waals surface area contributed by atoms with Crippen LogP contribution < -0.4 is 10.2 Å². The Morgan fingerprint density at radius 2 is 1.70 bits per heavy atom. The van der Waals surface area contributed by atoms with Gasteiger partial charge in [0.1, 0.15) is 17.4 Å². The monoisotopic (exact) mass is 318 g/mol. The summed E-state index contributed by atoms with van der Waals surface area (Å²) in [5.41, 5.74) is 0.178. The highest BCUT2D eigenvalue weighted by molar-refractivity contribution is 5.78. The van der Waals surface area contributed by atoms with E-state index in [0.717, 1.165) is 30.6 Å². The average molecular weight is 318 g/mol. The fourth-order valence-electron chi connectivity index (χ4n) is 2.68. The molecule has 1 aromatic rings. The van der Waals surface area contributed by atoms with Crippen LogP contribution in [0.2, 0.25) is 0 Å². The van der Waals surface area contributed by atoms with Crippen molar-refractivity contribution in [2.75, 3.05) is 18.0 Å². The van der Waals surface area contributed by atoms with E-state index >= 15 is 0 Å². The molecule has 1 N–H and O–H groups in total. The lowest BCUT2D eigenvalue weighted by Crippen LogP contribution is -2.46. The lowest BCUT2D eigenvalue weighted by molar-refractivity contribution is -0.113. The Bertz CT molecular complexity index is 557. The van der Waals surface area contributed by atoms with Crippen LogP contribution in [-0.2, 0) is 15.1 Å². The number of alkyl carbamates (subject to hydrolysis) is 1. The van der Waals surface area contributed by atoms with Gasteiger partial charge in [0.15, 0.2) is 0 Å². The Morgan fingerprint density at radius 1 is 1.13 bits per heavy atom. The van der Waals surface area contributed by atoms with E-state index in [1.54, 1.807) is 27.7 Å². The molecule has 126 valence electrons. The SMILES string of the molecule is CC(C)(C)OC(=O)NC(C)(C=O)c1ccc(N2CCCC2)cc1. The van der Waals surface area contributed by atoms with Gasteiger partial charge in [-0.05, 0) is 58.2 Å². The van der Waals surface area contributed by atoms with Crippen molar-refractivity contribution in [2.24, 2.45) is 0 Å². The molecule has 1 unspecified atom stereocenters. The number of ether oxygens (including phenoxy) is 1. The molecule has 0 aromatic heterocycles. The van der Waals surface area contributed by atoms with E-state index in [0.29, 0.717) is 0 Å². The minimum Gasteiger partial charge on any atom is -0.444 e. The van der Waals surface area contributed by atoms with Crippen LogP contribution in [-0.4, -0.2) is 31.1 Å². The molecule has 2 rings (SSSR count). The summed E-state index contributed by atoms with van der Waals surface area (Å²) in [4.78, 5) is 25.9. The van der Waals surface area contributed by atoms with E-state index in [4.69, 9.17) is 4.74 Å². The molecule has 1 fully saturated rings. The molecule has 1 aliphatic rings. The molecular weight excluding hydrogens is 292 g/mol. The number of anilines is 1. The fraction of sp³-hybridized carbons (Fsp3) is 0.556. The van der Waals surface area contributed by atoms with Crippen LogP contribution >= 0.6 is 0 Å². The largest absolute Gasteiger partial charge is 0.444 e. The number of benzene rings is 1. The van der Waals surface area contributed by atoms with Crippen molar-refractivity contribution in [3.8, 4) is 0 Å². The molecule has 1 saturated heterocycles. The minimum absolute atomic E-state index is 0.601. The van der Waals surface area contributed by atoms with Gasteiger partial charge in [-0.15, -0.1) is 0 Å². The van der Waals surface area contributed by atoms with Crippen LogP contribution in [0, 0.1) is 0 Å². The fourth-order valence-corrected chi connectivity index (χ4v) is 2.68. The van der Waals surface area contributed by atoms with Crippen LogP contribution in [0.5, 0.6) is 0 Å². The first kappa shape index (κ1) is 17.3. The maximum Gasteiger partial charge on any atom is 0.408 e. The number of hydrogen-bond donors (Lipinski definition) is 1. The van der Waals surface area contributed by atoms with Gasteiger partial charge in [0.2, 0.25) is 0 Å². The molecule has 1 aromatic carbocycles. The maximum atomic E-state index is 12.0. The van der Waals surface area contributed by atoms with Gasteiger partial charge in [-0.2, -0.15) is 0 Å². The van der Waals surface area contributed by atoms with E-state index in [-0.39, 0.29) is 0 Å². The quantitative estimate of drug-likeness (QED) is 0.866. The van der Waals surface area contributed by atoms with E-state index in [2.05, 4.69) is 10.2 Å². The number of aldehydes is 1. The predicted molar refractivity (Wildman–Crippen MR) is 90.7 cm³/mol. The van der Waals surface area contributed by atoms with Crippen molar-refractivity contribution >= 4 is 18.1 Å². The van der Waals surface area contributed by atoms with Gasteiger partial charge >= 0.3 is 6.09 Å². The average Bonchev–Trinajstić information content (AvgIpc) is 2.99. The van der Waals surface area contributed by atoms with E-state index < -0.39 is 17.2 Å². The highest BCUT2D eigenvalue weighted by atomic mass is 16.6. The standard InChI is InChI=1S/C18H26N2O3/c1-17(2,3)23-16(22)19-18(4,13-21)14-7-9-15(10-8-14)20-11-5-6-12-20/h7-10,13H,5-6,11-12H2,1-4H3,(H,19,22). The zero-order valence-corrected chi connectivity index (χ0v) is 14.4. The van der Waals surface area contributed by atoms with Gasteiger partial charge in [0.25, 0.3) is 0 Å². The first-order valence-electron chi connectivity index (χ1n) is 8.06. The molecule has 5 nitrogen and oxygen atoms in total. The van der Waals surface area contributed by atoms with Crippen molar-refractivity contribution in [3.63, 3.8) is 0 Å². The summed E-state index contributed by atoms with van der Waals surface area (Å²) in [5.74, 6) is 0. The molecule has 0 bridgehead atoms. The summed E-state index contributed by atoms with van der Waals surface area (Å²) >= 11 is 0. The van der Waals surface area contributed by atoms with Crippen molar-refractivity contribution < 1.29 is 14.3 Å². The molecule has 5 heteroatoms. The summed E-state index contributed by atoms with van der Waals surface area (Å²) in [7, 11) is 0. The Hall–Kier alpha value is -2.04. The summed E-state index contributed by atoms with van der Waals surface area (Å²) in [5, 5.41) is 2.66. The van der Waals surface area contributed by atoms with E-state index in [1.807, 2.05) is 24.3 Å². The summed E-state index contributed by atoms with van der Waals surface area (Å²) in [6.07, 6.45) is 2.57. The van der Waals surface area contributed by atoms with Gasteiger partial charge in [-0.3, -0.25) is 0 Å². The second kappa shape index (κ2) is 6.60. The Kier molecular flexibility index (Phi) is 4.97. The van der Waals surface area contributed by atoms with Crippen molar-refractivity contribution in [1.82, 2.24) is 5.32 Å². The summed E-state index contributed by atoms with van der Waals surface area (Å²) < 4.78 is 5.24. The third-order valence-corrected chi connectivity index (χ3v) is 3.93. The number of rotatable bonds is 4. The van der Waals surface area contributed by atoms with Crippen molar-refractivity contribution in [2.45, 2.75) is 51.7 Å². The molecule has 1 heterocycles. The normalized spacial score (nSPS) is 17.5. The van der Waals surface area contributed by atoms with Crippen molar-refractivity contribution in [3.05, 3.63) is 29.8 Å². The number of amides is 1. The molecule has 1 atom stereocenters. The Labute approximate surface area is 138 Å². The number of nitrogens with one attached hydrogen (secondary N) is 1. The van der Waals surface area contributed by atoms with Crippen LogP contribution in [0.1, 0.15) is 46.1 Å². The Morgan fingerprint density at radius 3 is 2.17 bits per heavy atom. The highest BCUT2D eigenvalue weighted by Crippen LogP contribution is 2.25. The smallest absolute Gasteiger partial charge is 0.408 e. The first-order valence-corrected chi connectivity index (χ1v) is 8.06. The van der Waals surface area contributed by atoms with Crippen LogP contribution in [0.4, 0.5) is 10.5 Å². The van der Waals surface area contributed by atoms with Gasteiger partial charge < -0.3 is 19.7 Å². The second-order valence-corrected chi connectivity index (χ2v) is 7.19. The van der Waals surface area contributed by atoms with E-state index in [9.17, 15) is 9.59 Å². The van der Waals surface area contributed by atoms with Gasteiger partial charge in [-0.1, -0.05) is 12.1 Å². The second-order valence-electron chi connectivity index (χ2n) is 7.19. The predicted octanol–water partition coefficient (Wildman–Crippen LogP) is 3.23. The Balaban J connectivity index is 2.12. The number of nitrogens with zero attached hydrogens (tertiary/aromatic N) is 1. The number of carbonyl (C=O) groups is 2. The van der Waals surface area contributed by atoms with Gasteiger partial charge in [0, 0.05) is 18.8 Å². The van der Waals surface area contributed by atoms with Crippen LogP contribution in [0.25, 0.3) is 0 Å². The third-order valence-electron chi connectivity index (χ3n) is 3.93. The molecule has 1 amide bonds. The number of hydrogen-bond acceptors (Lipinski definition) is 4. The highest BCUT2D eigenvalue weighted by Gasteiger charge is 2.30. The zero-order chi connectivity index (χ0) is 17.1. The zero-order valence-electron chi connectivity index (χ0n) is 14.4. The van der Waals surface area contributed by atoms with Gasteiger partial charge in [0.05, 0.1) is 0 Å². The van der Waals surface area contributed by atoms with Crippen molar-refractivity contribution in [1.29, 1.82) is 0 Å². The summed E-state index contributed by atoms with van der Waals surface area (Å²) in [6, 6.07) is 7.77. The van der Waals surface area contributed by atoms with Gasteiger partial charge in [-0.25, -0.2) is 4.79 Å². The third kappa shape index (κ3) is 4.47. The van der Waals surface area contributed by atoms with Crippen LogP contribution in [0.3, 0.4) is 0 Å². The molecule has 1 aliphatic heterocycles. The summed E-state index contributed by atoms with van der Waals surface area (Å²) in [6.45, 7) is 9.18. The lowest BCUT2D eigenvalue weighted by atomic mass is 9.93. The molecule has 23 heavy (non-hydrogen) atoms. The molecular formula is C18H26N2O3. The topological polar surface area (TPSA) is 58.6 Å². The van der Waals surface area contributed by atoms with Crippen LogP contribution in [0.15, 0.2) is 24.3 Å². The maximum absolute atomic E-state index is 12.0. The molecule has 0 spiro atoms. The van der Waals surface area contributed by atoms with E-state index in [1.165, 1.54) is 12.8 Å². The molecule has 0 saturated carbocycles. The molecule has 0 radical (unpaired) electrons. The first-order chi connectivity index (χ1) is 10.7. The lowest BCUT2D eigenvalue weighted by Gasteiger charge is -2.28. The number of carbonyl (C=O) groups excluding carboxylic acids is 2. The minimum atomic E-state index is -1.11. The molecule has 0 aliphatic carbocycles.